The molecular weight excluding hydrogens is 431 g/mol. The Labute approximate surface area is 187 Å². The second-order valence-corrected chi connectivity index (χ2v) is 9.26. The highest BCUT2D eigenvalue weighted by atomic mass is 32.2. The van der Waals surface area contributed by atoms with E-state index >= 15 is 0 Å². The van der Waals surface area contributed by atoms with Crippen molar-refractivity contribution in [3.8, 4) is 5.75 Å². The molecule has 0 aromatic heterocycles. The fraction of sp³-hybridized carbons (Fsp3) is 0.208. The molecule has 0 heterocycles. The number of nitrogens with one attached hydrogen (secondary N) is 1. The summed E-state index contributed by atoms with van der Waals surface area (Å²) in [7, 11) is -2.14. The summed E-state index contributed by atoms with van der Waals surface area (Å²) >= 11 is 0. The van der Waals surface area contributed by atoms with Crippen molar-refractivity contribution in [1.82, 2.24) is 5.32 Å². The third-order valence-electron chi connectivity index (χ3n) is 5.02. The van der Waals surface area contributed by atoms with Gasteiger partial charge in [-0.3, -0.25) is 9.10 Å². The van der Waals surface area contributed by atoms with E-state index in [9.17, 15) is 17.6 Å². The van der Waals surface area contributed by atoms with Gasteiger partial charge in [-0.1, -0.05) is 42.5 Å². The quantitative estimate of drug-likeness (QED) is 0.549. The number of rotatable bonds is 8. The van der Waals surface area contributed by atoms with Crippen LogP contribution in [0.1, 0.15) is 34.5 Å². The molecule has 32 heavy (non-hydrogen) atoms. The predicted octanol–water partition coefficient (Wildman–Crippen LogP) is 4.29. The summed E-state index contributed by atoms with van der Waals surface area (Å²) < 4.78 is 45.1. The van der Waals surface area contributed by atoms with E-state index in [2.05, 4.69) is 5.32 Å². The van der Waals surface area contributed by atoms with Gasteiger partial charge in [0, 0.05) is 11.1 Å². The van der Waals surface area contributed by atoms with Crippen molar-refractivity contribution in [2.24, 2.45) is 0 Å². The first-order chi connectivity index (χ1) is 15.2. The second-order valence-electron chi connectivity index (χ2n) is 7.36. The van der Waals surface area contributed by atoms with Crippen molar-refractivity contribution in [3.05, 3.63) is 95.3 Å². The smallest absolute Gasteiger partial charge is 0.251 e. The number of amides is 1. The van der Waals surface area contributed by atoms with Crippen LogP contribution in [0.2, 0.25) is 0 Å². The van der Waals surface area contributed by atoms with E-state index in [-0.39, 0.29) is 24.2 Å². The number of anilines is 1. The summed E-state index contributed by atoms with van der Waals surface area (Å²) in [4.78, 5) is 12.7. The van der Waals surface area contributed by atoms with Gasteiger partial charge in [0.25, 0.3) is 5.91 Å². The van der Waals surface area contributed by atoms with Crippen LogP contribution >= 0.6 is 0 Å². The topological polar surface area (TPSA) is 75.7 Å². The lowest BCUT2D eigenvalue weighted by Crippen LogP contribution is -2.30. The molecule has 0 saturated carbocycles. The van der Waals surface area contributed by atoms with Gasteiger partial charge in [-0.05, 0) is 42.8 Å². The standard InChI is InChI=1S/C24H25FN2O4S/c1-17(20-8-4-7-11-23(20)31-2)26-24(28)19-14-12-18(13-15-19)16-27(32(3,29)30)22-10-6-5-9-21(22)25/h4-15,17H,16H2,1-3H3,(H,26,28)/t17-/m1/s1. The number of para-hydroxylation sites is 2. The number of ether oxygens (including phenoxy) is 1. The Morgan fingerprint density at radius 2 is 1.66 bits per heavy atom. The molecule has 8 heteroatoms. The number of nitrogens with zero attached hydrogens (tertiary/aromatic N) is 1. The largest absolute Gasteiger partial charge is 0.496 e. The van der Waals surface area contributed by atoms with E-state index in [0.717, 1.165) is 16.1 Å². The van der Waals surface area contributed by atoms with Crippen LogP contribution in [0.3, 0.4) is 0 Å². The maximum atomic E-state index is 14.2. The number of hydrogen-bond donors (Lipinski definition) is 1. The van der Waals surface area contributed by atoms with E-state index in [4.69, 9.17) is 4.74 Å². The molecule has 1 N–H and O–H groups in total. The van der Waals surface area contributed by atoms with E-state index in [0.29, 0.717) is 16.9 Å². The van der Waals surface area contributed by atoms with Crippen molar-refractivity contribution in [1.29, 1.82) is 0 Å². The molecule has 0 aliphatic heterocycles. The molecule has 0 radical (unpaired) electrons. The van der Waals surface area contributed by atoms with E-state index < -0.39 is 15.8 Å². The number of carbonyl (C=O) groups is 1. The minimum atomic E-state index is -3.72. The van der Waals surface area contributed by atoms with Gasteiger partial charge in [-0.15, -0.1) is 0 Å². The first-order valence-electron chi connectivity index (χ1n) is 9.95. The average molecular weight is 457 g/mol. The SMILES string of the molecule is COc1ccccc1[C@@H](C)NC(=O)c1ccc(CN(c2ccccc2F)S(C)(=O)=O)cc1. The van der Waals surface area contributed by atoms with Crippen LogP contribution < -0.4 is 14.4 Å². The summed E-state index contributed by atoms with van der Waals surface area (Å²) in [5, 5.41) is 2.93. The molecule has 1 atom stereocenters. The number of methoxy groups -OCH3 is 1. The Balaban J connectivity index is 1.75. The summed E-state index contributed by atoms with van der Waals surface area (Å²) in [5.41, 5.74) is 1.87. The lowest BCUT2D eigenvalue weighted by molar-refractivity contribution is 0.0939. The molecule has 6 nitrogen and oxygen atoms in total. The Bertz CT molecular complexity index is 1200. The minimum absolute atomic E-state index is 0.0255. The molecule has 1 amide bonds. The van der Waals surface area contributed by atoms with Crippen molar-refractivity contribution in [2.75, 3.05) is 17.7 Å². The Kier molecular flexibility index (Phi) is 7.15. The molecule has 0 unspecified atom stereocenters. The van der Waals surface area contributed by atoms with Gasteiger partial charge in [0.1, 0.15) is 11.6 Å². The van der Waals surface area contributed by atoms with Crippen LogP contribution in [0.25, 0.3) is 0 Å². The Morgan fingerprint density at radius 1 is 1.03 bits per heavy atom. The number of carbonyl (C=O) groups excluding carboxylic acids is 1. The molecule has 0 fully saturated rings. The van der Waals surface area contributed by atoms with Crippen molar-refractivity contribution in [2.45, 2.75) is 19.5 Å². The number of halogens is 1. The van der Waals surface area contributed by atoms with Gasteiger partial charge in [0.05, 0.1) is 31.6 Å². The molecule has 3 aromatic carbocycles. The minimum Gasteiger partial charge on any atom is -0.496 e. The third kappa shape index (κ3) is 5.45. The normalized spacial score (nSPS) is 12.1. The highest BCUT2D eigenvalue weighted by Crippen LogP contribution is 2.25. The molecule has 0 bridgehead atoms. The van der Waals surface area contributed by atoms with Crippen LogP contribution in [-0.4, -0.2) is 27.7 Å². The lowest BCUT2D eigenvalue weighted by atomic mass is 10.1. The van der Waals surface area contributed by atoms with E-state index in [1.165, 1.54) is 18.2 Å². The fourth-order valence-corrected chi connectivity index (χ4v) is 4.23. The Hall–Kier alpha value is -3.39. The van der Waals surface area contributed by atoms with Gasteiger partial charge >= 0.3 is 0 Å². The zero-order chi connectivity index (χ0) is 23.3. The number of sulfonamides is 1. The maximum absolute atomic E-state index is 14.2. The molecule has 3 aromatic rings. The van der Waals surface area contributed by atoms with Gasteiger partial charge < -0.3 is 10.1 Å². The predicted molar refractivity (Wildman–Crippen MR) is 123 cm³/mol. The van der Waals surface area contributed by atoms with Gasteiger partial charge in [-0.2, -0.15) is 0 Å². The van der Waals surface area contributed by atoms with Gasteiger partial charge in [-0.25, -0.2) is 12.8 Å². The zero-order valence-electron chi connectivity index (χ0n) is 18.1. The van der Waals surface area contributed by atoms with Crippen LogP contribution in [0.15, 0.2) is 72.8 Å². The van der Waals surface area contributed by atoms with Gasteiger partial charge in [0.15, 0.2) is 0 Å². The van der Waals surface area contributed by atoms with E-state index in [1.54, 1.807) is 37.4 Å². The van der Waals surface area contributed by atoms with Crippen molar-refractivity contribution < 1.29 is 22.3 Å². The average Bonchev–Trinajstić information content (AvgIpc) is 2.77. The first-order valence-corrected chi connectivity index (χ1v) is 11.8. The summed E-state index contributed by atoms with van der Waals surface area (Å²) in [5.74, 6) is -0.215. The van der Waals surface area contributed by atoms with Gasteiger partial charge in [0.2, 0.25) is 10.0 Å². The maximum Gasteiger partial charge on any atom is 0.251 e. The summed E-state index contributed by atoms with van der Waals surface area (Å²) in [6.45, 7) is 1.81. The molecule has 168 valence electrons. The molecule has 3 rings (SSSR count). The van der Waals surface area contributed by atoms with Crippen molar-refractivity contribution >= 4 is 21.6 Å². The first kappa shape index (κ1) is 23.3. The summed E-state index contributed by atoms with van der Waals surface area (Å²) in [6, 6.07) is 19.4. The van der Waals surface area contributed by atoms with E-state index in [1.807, 2.05) is 31.2 Å². The highest BCUT2D eigenvalue weighted by Gasteiger charge is 2.21. The highest BCUT2D eigenvalue weighted by molar-refractivity contribution is 7.92. The van der Waals surface area contributed by atoms with Crippen LogP contribution in [0, 0.1) is 5.82 Å². The zero-order valence-corrected chi connectivity index (χ0v) is 18.9. The summed E-state index contributed by atoms with van der Waals surface area (Å²) in [6.07, 6.45) is 1.03. The van der Waals surface area contributed by atoms with Crippen LogP contribution in [0.5, 0.6) is 5.75 Å². The molecular formula is C24H25FN2O4S. The third-order valence-corrected chi connectivity index (χ3v) is 6.14. The Morgan fingerprint density at radius 3 is 2.28 bits per heavy atom. The number of benzene rings is 3. The second kappa shape index (κ2) is 9.82. The molecule has 0 saturated heterocycles. The van der Waals surface area contributed by atoms with Crippen LogP contribution in [0.4, 0.5) is 10.1 Å². The molecule has 0 spiro atoms. The van der Waals surface area contributed by atoms with Crippen molar-refractivity contribution in [3.63, 3.8) is 0 Å². The molecule has 0 aliphatic carbocycles. The lowest BCUT2D eigenvalue weighted by Gasteiger charge is -2.23. The van der Waals surface area contributed by atoms with Crippen LogP contribution in [-0.2, 0) is 16.6 Å². The number of hydrogen-bond acceptors (Lipinski definition) is 4. The molecule has 0 aliphatic rings. The fourth-order valence-electron chi connectivity index (χ4n) is 3.34. The monoisotopic (exact) mass is 456 g/mol.